The molecule has 2 rings (SSSR count). The molecule has 0 atom stereocenters. The van der Waals surface area contributed by atoms with Crippen LogP contribution < -0.4 is 0 Å². The van der Waals surface area contributed by atoms with Gasteiger partial charge in [-0.2, -0.15) is 0 Å². The summed E-state index contributed by atoms with van der Waals surface area (Å²) in [6, 6.07) is 18.6. The lowest BCUT2D eigenvalue weighted by Gasteiger charge is -2.25. The Morgan fingerprint density at radius 1 is 0.947 bits per heavy atom. The van der Waals surface area contributed by atoms with Crippen molar-refractivity contribution in [3.8, 4) is 0 Å². The Balaban J connectivity index is 2.54. The summed E-state index contributed by atoms with van der Waals surface area (Å²) >= 11 is 0. The molecular weight excluding hydrogens is 236 g/mol. The molecule has 0 fully saturated rings. The smallest absolute Gasteiger partial charge is 0.152 e. The number of hydrogen-bond acceptors (Lipinski definition) is 2. The number of benzene rings is 2. The van der Waals surface area contributed by atoms with E-state index < -0.39 is 5.60 Å². The lowest BCUT2D eigenvalue weighted by molar-refractivity contribution is -0.112. The minimum atomic E-state index is -1.28. The molecule has 2 aromatic rings. The number of carbonyl (C=O) groups is 1. The first-order chi connectivity index (χ1) is 9.13. The maximum absolute atomic E-state index is 11.2. The van der Waals surface area contributed by atoms with E-state index in [2.05, 4.69) is 0 Å². The van der Waals surface area contributed by atoms with Gasteiger partial charge in [0.2, 0.25) is 0 Å². The average molecular weight is 252 g/mol. The van der Waals surface area contributed by atoms with Crippen molar-refractivity contribution in [2.75, 3.05) is 0 Å². The van der Waals surface area contributed by atoms with Gasteiger partial charge in [-0.15, -0.1) is 0 Å². The number of ketones is 1. The third kappa shape index (κ3) is 2.98. The monoisotopic (exact) mass is 252 g/mol. The Labute approximate surface area is 113 Å². The van der Waals surface area contributed by atoms with E-state index in [1.165, 1.54) is 13.0 Å². The van der Waals surface area contributed by atoms with Gasteiger partial charge in [0, 0.05) is 0 Å². The minimum Gasteiger partial charge on any atom is -0.377 e. The van der Waals surface area contributed by atoms with Crippen LogP contribution in [0.1, 0.15) is 18.1 Å². The number of aliphatic hydroxyl groups is 1. The Morgan fingerprint density at radius 2 is 1.37 bits per heavy atom. The summed E-state index contributed by atoms with van der Waals surface area (Å²) in [7, 11) is 0. The highest BCUT2D eigenvalue weighted by Gasteiger charge is 2.28. The zero-order valence-electron chi connectivity index (χ0n) is 10.8. The Bertz CT molecular complexity index is 531. The van der Waals surface area contributed by atoms with Gasteiger partial charge >= 0.3 is 0 Å². The largest absolute Gasteiger partial charge is 0.377 e. The van der Waals surface area contributed by atoms with Crippen molar-refractivity contribution >= 4 is 5.78 Å². The fourth-order valence-electron chi connectivity index (χ4n) is 1.98. The van der Waals surface area contributed by atoms with Crippen LogP contribution in [0.4, 0.5) is 0 Å². The van der Waals surface area contributed by atoms with Crippen LogP contribution in [0.2, 0.25) is 0 Å². The van der Waals surface area contributed by atoms with Crippen LogP contribution in [0.25, 0.3) is 0 Å². The van der Waals surface area contributed by atoms with Crippen molar-refractivity contribution in [3.63, 3.8) is 0 Å². The van der Waals surface area contributed by atoms with E-state index in [1.807, 2.05) is 60.7 Å². The Morgan fingerprint density at radius 3 is 1.74 bits per heavy atom. The molecule has 0 radical (unpaired) electrons. The quantitative estimate of drug-likeness (QED) is 0.849. The van der Waals surface area contributed by atoms with Crippen molar-refractivity contribution < 1.29 is 9.90 Å². The Kier molecular flexibility index (Phi) is 3.93. The molecule has 96 valence electrons. The second-order valence-electron chi connectivity index (χ2n) is 4.44. The van der Waals surface area contributed by atoms with Gasteiger partial charge in [0.05, 0.1) is 0 Å². The minimum absolute atomic E-state index is 0.0923. The van der Waals surface area contributed by atoms with E-state index in [4.69, 9.17) is 0 Å². The van der Waals surface area contributed by atoms with Crippen LogP contribution in [-0.4, -0.2) is 10.9 Å². The molecular formula is C17H16O2. The van der Waals surface area contributed by atoms with Gasteiger partial charge in [-0.05, 0) is 30.2 Å². The van der Waals surface area contributed by atoms with E-state index in [1.54, 1.807) is 6.08 Å². The van der Waals surface area contributed by atoms with E-state index in [9.17, 15) is 9.90 Å². The first kappa shape index (κ1) is 13.2. The lowest BCUT2D eigenvalue weighted by Crippen LogP contribution is -2.24. The fraction of sp³-hybridized carbons (Fsp3) is 0.118. The molecule has 0 aliphatic heterocycles. The molecule has 0 heterocycles. The van der Waals surface area contributed by atoms with Gasteiger partial charge < -0.3 is 5.11 Å². The number of hydrogen-bond donors (Lipinski definition) is 1. The average Bonchev–Trinajstić information content (AvgIpc) is 2.46. The van der Waals surface area contributed by atoms with Crippen molar-refractivity contribution in [2.24, 2.45) is 0 Å². The molecule has 19 heavy (non-hydrogen) atoms. The molecule has 0 saturated heterocycles. The molecule has 0 spiro atoms. The molecule has 1 N–H and O–H groups in total. The van der Waals surface area contributed by atoms with Gasteiger partial charge in [-0.25, -0.2) is 0 Å². The molecule has 0 unspecified atom stereocenters. The van der Waals surface area contributed by atoms with Gasteiger partial charge in [-0.1, -0.05) is 60.7 Å². The zero-order chi connectivity index (χ0) is 13.7. The molecule has 2 heteroatoms. The van der Waals surface area contributed by atoms with E-state index >= 15 is 0 Å². The van der Waals surface area contributed by atoms with E-state index in [0.29, 0.717) is 0 Å². The summed E-state index contributed by atoms with van der Waals surface area (Å²) in [4.78, 5) is 11.2. The molecule has 2 nitrogen and oxygen atoms in total. The normalized spacial score (nSPS) is 11.7. The Hall–Kier alpha value is -2.19. The van der Waals surface area contributed by atoms with Gasteiger partial charge in [0.1, 0.15) is 5.60 Å². The molecule has 0 bridgehead atoms. The summed E-state index contributed by atoms with van der Waals surface area (Å²) < 4.78 is 0. The maximum Gasteiger partial charge on any atom is 0.152 e. The predicted molar refractivity (Wildman–Crippen MR) is 75.7 cm³/mol. The number of carbonyl (C=O) groups excluding carboxylic acids is 1. The van der Waals surface area contributed by atoms with Crippen molar-refractivity contribution in [1.29, 1.82) is 0 Å². The van der Waals surface area contributed by atoms with Gasteiger partial charge in [-0.3, -0.25) is 4.79 Å². The molecule has 0 aromatic heterocycles. The predicted octanol–water partition coefficient (Wildman–Crippen LogP) is 3.07. The summed E-state index contributed by atoms with van der Waals surface area (Å²) in [6.45, 7) is 1.47. The third-order valence-electron chi connectivity index (χ3n) is 2.99. The second kappa shape index (κ2) is 5.63. The van der Waals surface area contributed by atoms with E-state index in [-0.39, 0.29) is 5.78 Å². The van der Waals surface area contributed by atoms with Crippen LogP contribution in [0.15, 0.2) is 72.8 Å². The molecule has 0 saturated carbocycles. The third-order valence-corrected chi connectivity index (χ3v) is 2.99. The molecule has 0 aliphatic carbocycles. The first-order valence-corrected chi connectivity index (χ1v) is 6.16. The molecule has 0 amide bonds. The summed E-state index contributed by atoms with van der Waals surface area (Å²) in [6.07, 6.45) is 2.94. The molecule has 2 aromatic carbocycles. The van der Waals surface area contributed by atoms with Gasteiger partial charge in [0.15, 0.2) is 5.78 Å². The maximum atomic E-state index is 11.2. The standard InChI is InChI=1S/C17H16O2/c1-14(18)12-13-17(19,15-8-4-2-5-9-15)16-10-6-3-7-11-16/h2-13,19H,1H3/b13-12+. The highest BCUT2D eigenvalue weighted by atomic mass is 16.3. The SMILES string of the molecule is CC(=O)/C=C/C(O)(c1ccccc1)c1ccccc1. The van der Waals surface area contributed by atoms with Crippen LogP contribution in [0.3, 0.4) is 0 Å². The van der Waals surface area contributed by atoms with Crippen LogP contribution >= 0.6 is 0 Å². The van der Waals surface area contributed by atoms with Crippen molar-refractivity contribution in [2.45, 2.75) is 12.5 Å². The van der Waals surface area contributed by atoms with Crippen molar-refractivity contribution in [1.82, 2.24) is 0 Å². The summed E-state index contributed by atoms with van der Waals surface area (Å²) in [5.74, 6) is -0.0923. The topological polar surface area (TPSA) is 37.3 Å². The van der Waals surface area contributed by atoms with Crippen LogP contribution in [0.5, 0.6) is 0 Å². The summed E-state index contributed by atoms with van der Waals surface area (Å²) in [5.41, 5.74) is 0.186. The van der Waals surface area contributed by atoms with Gasteiger partial charge in [0.25, 0.3) is 0 Å². The second-order valence-corrected chi connectivity index (χ2v) is 4.44. The zero-order valence-corrected chi connectivity index (χ0v) is 10.8. The first-order valence-electron chi connectivity index (χ1n) is 6.16. The summed E-state index contributed by atoms with van der Waals surface area (Å²) in [5, 5.41) is 11.0. The van der Waals surface area contributed by atoms with Crippen LogP contribution in [-0.2, 0) is 10.4 Å². The lowest BCUT2D eigenvalue weighted by atomic mass is 9.86. The van der Waals surface area contributed by atoms with Crippen molar-refractivity contribution in [3.05, 3.63) is 83.9 Å². The fourth-order valence-corrected chi connectivity index (χ4v) is 1.98. The van der Waals surface area contributed by atoms with E-state index in [0.717, 1.165) is 11.1 Å². The highest BCUT2D eigenvalue weighted by molar-refractivity contribution is 5.87. The molecule has 0 aliphatic rings. The number of allylic oxidation sites excluding steroid dienone is 1. The number of rotatable bonds is 4. The highest BCUT2D eigenvalue weighted by Crippen LogP contribution is 2.30. The van der Waals surface area contributed by atoms with Crippen LogP contribution in [0, 0.1) is 0 Å².